The zero-order chi connectivity index (χ0) is 12.6. The van der Waals surface area contributed by atoms with E-state index in [0.29, 0.717) is 0 Å². The van der Waals surface area contributed by atoms with E-state index in [9.17, 15) is 5.11 Å². The van der Waals surface area contributed by atoms with Crippen molar-refractivity contribution in [3.63, 3.8) is 0 Å². The first kappa shape index (κ1) is 12.1. The Labute approximate surface area is 102 Å². The third-order valence-corrected chi connectivity index (χ3v) is 2.91. The van der Waals surface area contributed by atoms with E-state index in [1.54, 1.807) is 6.92 Å². The van der Waals surface area contributed by atoms with Crippen molar-refractivity contribution in [2.45, 2.75) is 38.5 Å². The Morgan fingerprint density at radius 2 is 2.06 bits per heavy atom. The molecule has 3 heteroatoms. The minimum Gasteiger partial charge on any atom is -0.483 e. The molecule has 1 aromatic carbocycles. The minimum absolute atomic E-state index is 0.270. The van der Waals surface area contributed by atoms with Crippen LogP contribution in [0.15, 0.2) is 24.3 Å². The van der Waals surface area contributed by atoms with Crippen LogP contribution >= 0.6 is 0 Å². The quantitative estimate of drug-likeness (QED) is 0.823. The Balaban J connectivity index is 2.34. The van der Waals surface area contributed by atoms with Crippen molar-refractivity contribution in [2.75, 3.05) is 0 Å². The van der Waals surface area contributed by atoms with Gasteiger partial charge in [0.2, 0.25) is 0 Å². The van der Waals surface area contributed by atoms with Gasteiger partial charge in [0, 0.05) is 11.6 Å². The van der Waals surface area contributed by atoms with Crippen molar-refractivity contribution in [1.29, 1.82) is 0 Å². The van der Waals surface area contributed by atoms with Crippen molar-refractivity contribution < 1.29 is 9.84 Å². The number of aliphatic hydroxyl groups excluding tert-OH is 1. The van der Waals surface area contributed by atoms with Crippen molar-refractivity contribution in [3.05, 3.63) is 35.4 Å². The predicted molar refractivity (Wildman–Crippen MR) is 68.8 cm³/mol. The Morgan fingerprint density at radius 1 is 1.35 bits per heavy atom. The number of fused-ring (bicyclic) bond motifs is 1. The monoisotopic (exact) mass is 233 g/mol. The van der Waals surface area contributed by atoms with E-state index in [1.165, 1.54) is 0 Å². The molecule has 0 aliphatic carbocycles. The van der Waals surface area contributed by atoms with E-state index >= 15 is 0 Å². The second kappa shape index (κ2) is 4.17. The summed E-state index contributed by atoms with van der Waals surface area (Å²) in [6.45, 7) is 5.81. The van der Waals surface area contributed by atoms with Crippen LogP contribution in [0.3, 0.4) is 0 Å². The van der Waals surface area contributed by atoms with Crippen LogP contribution in [0.5, 0.6) is 5.75 Å². The smallest absolute Gasteiger partial charge is 0.127 e. The van der Waals surface area contributed by atoms with Crippen molar-refractivity contribution in [1.82, 2.24) is 0 Å². The van der Waals surface area contributed by atoms with Crippen LogP contribution in [-0.2, 0) is 0 Å². The molecular formula is C14H19NO2. The molecule has 2 unspecified atom stereocenters. The zero-order valence-corrected chi connectivity index (χ0v) is 10.5. The number of hydrogen-bond donors (Lipinski definition) is 2. The summed E-state index contributed by atoms with van der Waals surface area (Å²) < 4.78 is 5.81. The van der Waals surface area contributed by atoms with Gasteiger partial charge in [-0.15, -0.1) is 0 Å². The summed E-state index contributed by atoms with van der Waals surface area (Å²) in [4.78, 5) is 0. The van der Waals surface area contributed by atoms with Gasteiger partial charge in [-0.3, -0.25) is 0 Å². The van der Waals surface area contributed by atoms with Crippen LogP contribution in [0.2, 0.25) is 0 Å². The van der Waals surface area contributed by atoms with E-state index in [1.807, 2.05) is 44.2 Å². The van der Waals surface area contributed by atoms with Gasteiger partial charge in [0.1, 0.15) is 11.4 Å². The average molecular weight is 233 g/mol. The predicted octanol–water partition coefficient (Wildman–Crippen LogP) is 2.25. The van der Waals surface area contributed by atoms with E-state index in [-0.39, 0.29) is 11.6 Å². The number of ether oxygens (including phenoxy) is 1. The molecule has 0 aromatic heterocycles. The molecule has 2 rings (SSSR count). The Hall–Kier alpha value is -1.32. The van der Waals surface area contributed by atoms with E-state index in [4.69, 9.17) is 10.5 Å². The maximum absolute atomic E-state index is 9.91. The molecule has 0 spiro atoms. The topological polar surface area (TPSA) is 55.5 Å². The SMILES string of the molecule is CC(N)C(O)c1ccc2c(c1)C=CC(C)(C)O2. The van der Waals surface area contributed by atoms with E-state index < -0.39 is 6.10 Å². The molecule has 0 radical (unpaired) electrons. The first-order chi connectivity index (χ1) is 7.89. The standard InChI is InChI=1S/C14H19NO2/c1-9(15)13(16)11-4-5-12-10(8-11)6-7-14(2,3)17-12/h4-9,13,16H,15H2,1-3H3. The number of hydrogen-bond acceptors (Lipinski definition) is 3. The largest absolute Gasteiger partial charge is 0.483 e. The highest BCUT2D eigenvalue weighted by molar-refractivity contribution is 5.62. The first-order valence-electron chi connectivity index (χ1n) is 5.85. The lowest BCUT2D eigenvalue weighted by Gasteiger charge is -2.28. The molecule has 3 N–H and O–H groups in total. The molecule has 1 heterocycles. The highest BCUT2D eigenvalue weighted by Crippen LogP contribution is 2.32. The molecule has 0 bridgehead atoms. The first-order valence-corrected chi connectivity index (χ1v) is 5.85. The van der Waals surface area contributed by atoms with Gasteiger partial charge in [-0.1, -0.05) is 12.1 Å². The van der Waals surface area contributed by atoms with Gasteiger partial charge < -0.3 is 15.6 Å². The Morgan fingerprint density at radius 3 is 2.71 bits per heavy atom. The molecule has 17 heavy (non-hydrogen) atoms. The van der Waals surface area contributed by atoms with E-state index in [2.05, 4.69) is 0 Å². The molecule has 0 saturated carbocycles. The van der Waals surface area contributed by atoms with Gasteiger partial charge in [-0.25, -0.2) is 0 Å². The van der Waals surface area contributed by atoms with Crippen molar-refractivity contribution >= 4 is 6.08 Å². The molecular weight excluding hydrogens is 214 g/mol. The molecule has 1 aromatic rings. The van der Waals surface area contributed by atoms with Crippen LogP contribution in [-0.4, -0.2) is 16.7 Å². The lowest BCUT2D eigenvalue weighted by Crippen LogP contribution is -2.28. The third kappa shape index (κ3) is 2.51. The molecule has 92 valence electrons. The second-order valence-electron chi connectivity index (χ2n) is 5.14. The van der Waals surface area contributed by atoms with Gasteiger partial charge in [0.25, 0.3) is 0 Å². The summed E-state index contributed by atoms with van der Waals surface area (Å²) in [5, 5.41) is 9.91. The minimum atomic E-state index is -0.636. The normalized spacial score (nSPS) is 20.3. The highest BCUT2D eigenvalue weighted by Gasteiger charge is 2.22. The summed E-state index contributed by atoms with van der Waals surface area (Å²) in [6, 6.07) is 5.40. The molecule has 3 nitrogen and oxygen atoms in total. The number of benzene rings is 1. The molecule has 1 aliphatic heterocycles. The van der Waals surface area contributed by atoms with Crippen LogP contribution in [0.4, 0.5) is 0 Å². The summed E-state index contributed by atoms with van der Waals surface area (Å²) in [5.41, 5.74) is 7.23. The van der Waals surface area contributed by atoms with Crippen molar-refractivity contribution in [3.8, 4) is 5.75 Å². The van der Waals surface area contributed by atoms with Gasteiger partial charge in [-0.2, -0.15) is 0 Å². The van der Waals surface area contributed by atoms with Gasteiger partial charge in [0.05, 0.1) is 6.10 Å². The molecule has 0 amide bonds. The molecule has 1 aliphatic rings. The maximum atomic E-state index is 9.91. The summed E-state index contributed by atoms with van der Waals surface area (Å²) >= 11 is 0. The highest BCUT2D eigenvalue weighted by atomic mass is 16.5. The second-order valence-corrected chi connectivity index (χ2v) is 5.14. The molecule has 0 saturated heterocycles. The lowest BCUT2D eigenvalue weighted by molar-refractivity contribution is 0.150. The van der Waals surface area contributed by atoms with Crippen LogP contribution in [0, 0.1) is 0 Å². The van der Waals surface area contributed by atoms with Crippen LogP contribution < -0.4 is 10.5 Å². The zero-order valence-electron chi connectivity index (χ0n) is 10.5. The fourth-order valence-corrected chi connectivity index (χ4v) is 1.89. The Kier molecular flexibility index (Phi) is 2.98. The summed E-state index contributed by atoms with van der Waals surface area (Å²) in [5.74, 6) is 0.845. The fraction of sp³-hybridized carbons (Fsp3) is 0.429. The fourth-order valence-electron chi connectivity index (χ4n) is 1.89. The van der Waals surface area contributed by atoms with E-state index in [0.717, 1.165) is 16.9 Å². The van der Waals surface area contributed by atoms with Crippen molar-refractivity contribution in [2.24, 2.45) is 5.73 Å². The van der Waals surface area contributed by atoms with Gasteiger partial charge >= 0.3 is 0 Å². The summed E-state index contributed by atoms with van der Waals surface area (Å²) in [7, 11) is 0. The lowest BCUT2D eigenvalue weighted by atomic mass is 9.97. The number of nitrogens with two attached hydrogens (primary N) is 1. The van der Waals surface area contributed by atoms with Gasteiger partial charge in [0.15, 0.2) is 0 Å². The number of rotatable bonds is 2. The molecule has 2 atom stereocenters. The Bertz CT molecular complexity index is 450. The third-order valence-electron chi connectivity index (χ3n) is 2.91. The maximum Gasteiger partial charge on any atom is 0.127 e. The van der Waals surface area contributed by atoms with Crippen LogP contribution in [0.1, 0.15) is 38.0 Å². The molecule has 0 fully saturated rings. The van der Waals surface area contributed by atoms with Crippen LogP contribution in [0.25, 0.3) is 6.08 Å². The van der Waals surface area contributed by atoms with Gasteiger partial charge in [-0.05, 0) is 44.5 Å². The number of aliphatic hydroxyl groups is 1. The summed E-state index contributed by atoms with van der Waals surface area (Å²) in [6.07, 6.45) is 3.40. The average Bonchev–Trinajstić information content (AvgIpc) is 2.26.